The number of primary amides is 1. The number of aliphatic hydroxyl groups is 2. The third-order valence-electron chi connectivity index (χ3n) is 2.71. The lowest BCUT2D eigenvalue weighted by Gasteiger charge is -2.22. The first-order valence-corrected chi connectivity index (χ1v) is 5.48. The molecule has 0 spiro atoms. The van der Waals surface area contributed by atoms with Crippen LogP contribution in [0.3, 0.4) is 0 Å². The summed E-state index contributed by atoms with van der Waals surface area (Å²) in [7, 11) is 0. The molecule has 1 aliphatic heterocycles. The molecule has 0 bridgehead atoms. The molecule has 0 aliphatic carbocycles. The van der Waals surface area contributed by atoms with E-state index in [9.17, 15) is 29.7 Å². The lowest BCUT2D eigenvalue weighted by Crippen LogP contribution is -2.45. The first-order chi connectivity index (χ1) is 9.73. The summed E-state index contributed by atoms with van der Waals surface area (Å²) in [5.41, 5.74) is 9.41. The number of aliphatic hydroxyl groups excluding tert-OH is 2. The summed E-state index contributed by atoms with van der Waals surface area (Å²) in [6.45, 7) is 0. The summed E-state index contributed by atoms with van der Waals surface area (Å²) < 4.78 is 9.32. The number of fused-ring (bicyclic) bond motifs is 1. The van der Waals surface area contributed by atoms with Gasteiger partial charge in [-0.15, -0.1) is 0 Å². The van der Waals surface area contributed by atoms with Crippen LogP contribution < -0.4 is 20.9 Å². The SMILES string of the molecule is NC(=O)c1cc2c(c(N)c1O)OC(=O)C(O)C(O)C(=O)O2. The van der Waals surface area contributed by atoms with E-state index in [-0.39, 0.29) is 0 Å². The van der Waals surface area contributed by atoms with E-state index in [2.05, 4.69) is 9.47 Å². The zero-order chi connectivity index (χ0) is 15.9. The van der Waals surface area contributed by atoms with Crippen LogP contribution in [0, 0.1) is 0 Å². The fraction of sp³-hybridized carbons (Fsp3) is 0.182. The summed E-state index contributed by atoms with van der Waals surface area (Å²) in [5.74, 6) is -5.71. The van der Waals surface area contributed by atoms with E-state index in [1.807, 2.05) is 0 Å². The Morgan fingerprint density at radius 2 is 1.67 bits per heavy atom. The number of carbonyl (C=O) groups excluding carboxylic acids is 3. The number of hydrogen-bond donors (Lipinski definition) is 5. The van der Waals surface area contributed by atoms with Gasteiger partial charge >= 0.3 is 11.9 Å². The first kappa shape index (κ1) is 14.6. The average molecular weight is 298 g/mol. The molecule has 21 heavy (non-hydrogen) atoms. The molecule has 1 aromatic carbocycles. The summed E-state index contributed by atoms with van der Waals surface area (Å²) in [4.78, 5) is 34.1. The molecular formula is C11H10N2O8. The van der Waals surface area contributed by atoms with Gasteiger partial charge in [0.2, 0.25) is 0 Å². The molecule has 0 radical (unpaired) electrons. The molecule has 0 saturated heterocycles. The van der Waals surface area contributed by atoms with Gasteiger partial charge in [-0.05, 0) is 0 Å². The maximum Gasteiger partial charge on any atom is 0.343 e. The number of nitrogens with two attached hydrogens (primary N) is 2. The number of rotatable bonds is 1. The van der Waals surface area contributed by atoms with Crippen molar-refractivity contribution < 1.29 is 39.2 Å². The van der Waals surface area contributed by atoms with E-state index < -0.39 is 58.6 Å². The van der Waals surface area contributed by atoms with Crippen molar-refractivity contribution in [2.75, 3.05) is 5.73 Å². The van der Waals surface area contributed by atoms with Crippen LogP contribution >= 0.6 is 0 Å². The van der Waals surface area contributed by atoms with Gasteiger partial charge in [0.1, 0.15) is 5.69 Å². The van der Waals surface area contributed by atoms with Gasteiger partial charge in [-0.2, -0.15) is 0 Å². The number of anilines is 1. The van der Waals surface area contributed by atoms with Gasteiger partial charge in [0.05, 0.1) is 5.56 Å². The predicted octanol–water partition coefficient (Wildman–Crippen LogP) is -2.38. The molecule has 2 atom stereocenters. The summed E-state index contributed by atoms with van der Waals surface area (Å²) >= 11 is 0. The smallest absolute Gasteiger partial charge is 0.343 e. The van der Waals surface area contributed by atoms with Gasteiger partial charge < -0.3 is 36.3 Å². The van der Waals surface area contributed by atoms with Crippen molar-refractivity contribution in [3.8, 4) is 17.2 Å². The Balaban J connectivity index is 2.65. The van der Waals surface area contributed by atoms with Crippen LogP contribution in [0.4, 0.5) is 5.69 Å². The third-order valence-corrected chi connectivity index (χ3v) is 2.71. The molecule has 2 unspecified atom stereocenters. The number of amides is 1. The molecule has 1 aromatic rings. The predicted molar refractivity (Wildman–Crippen MR) is 64.3 cm³/mol. The minimum atomic E-state index is -2.19. The van der Waals surface area contributed by atoms with Gasteiger partial charge in [-0.1, -0.05) is 0 Å². The van der Waals surface area contributed by atoms with Crippen LogP contribution in [0.15, 0.2) is 6.07 Å². The number of nitrogen functional groups attached to an aromatic ring is 1. The van der Waals surface area contributed by atoms with Crippen LogP contribution in [0.1, 0.15) is 10.4 Å². The molecule has 112 valence electrons. The molecule has 10 heteroatoms. The molecule has 1 aliphatic rings. The normalized spacial score (nSPS) is 21.6. The van der Waals surface area contributed by atoms with E-state index in [4.69, 9.17) is 11.5 Å². The number of esters is 2. The Kier molecular flexibility index (Phi) is 3.41. The van der Waals surface area contributed by atoms with Gasteiger partial charge in [-0.25, -0.2) is 9.59 Å². The monoisotopic (exact) mass is 298 g/mol. The van der Waals surface area contributed by atoms with Crippen LogP contribution in [0.5, 0.6) is 17.2 Å². The van der Waals surface area contributed by atoms with Gasteiger partial charge in [0.15, 0.2) is 29.5 Å². The van der Waals surface area contributed by atoms with Crippen LogP contribution in [0.25, 0.3) is 0 Å². The summed E-state index contributed by atoms with van der Waals surface area (Å²) in [6.07, 6.45) is -4.37. The van der Waals surface area contributed by atoms with Crippen LogP contribution in [-0.4, -0.2) is 45.4 Å². The standard InChI is InChI=1S/C11H10N2O8/c12-4-5(14)2(9(13)17)1-3-8(4)21-11(19)7(16)6(15)10(18)20-3/h1,6-7,14-16H,12H2,(H2,13,17). The van der Waals surface area contributed by atoms with E-state index in [1.165, 1.54) is 0 Å². The Hall–Kier alpha value is -2.85. The van der Waals surface area contributed by atoms with Crippen LogP contribution in [-0.2, 0) is 9.59 Å². The molecule has 1 heterocycles. The van der Waals surface area contributed by atoms with Gasteiger partial charge in [0.25, 0.3) is 5.91 Å². The highest BCUT2D eigenvalue weighted by atomic mass is 16.6. The van der Waals surface area contributed by atoms with Gasteiger partial charge in [-0.3, -0.25) is 4.79 Å². The van der Waals surface area contributed by atoms with Crippen molar-refractivity contribution in [3.05, 3.63) is 11.6 Å². The molecule has 0 fully saturated rings. The number of phenols is 1. The third kappa shape index (κ3) is 2.32. The van der Waals surface area contributed by atoms with Crippen LogP contribution in [0.2, 0.25) is 0 Å². The minimum absolute atomic E-state index is 0.481. The minimum Gasteiger partial charge on any atom is -0.505 e. The van der Waals surface area contributed by atoms with Crippen molar-refractivity contribution in [2.24, 2.45) is 5.73 Å². The number of carbonyl (C=O) groups is 3. The topological polar surface area (TPSA) is 182 Å². The zero-order valence-electron chi connectivity index (χ0n) is 10.3. The second kappa shape index (κ2) is 4.92. The Morgan fingerprint density at radius 3 is 2.19 bits per heavy atom. The summed E-state index contributed by atoms with van der Waals surface area (Å²) in [6, 6.07) is 0.818. The van der Waals surface area contributed by atoms with E-state index >= 15 is 0 Å². The van der Waals surface area contributed by atoms with Crippen molar-refractivity contribution >= 4 is 23.5 Å². The highest BCUT2D eigenvalue weighted by Gasteiger charge is 2.38. The first-order valence-electron chi connectivity index (χ1n) is 5.48. The summed E-state index contributed by atoms with van der Waals surface area (Å²) in [5, 5.41) is 28.4. The molecule has 0 aromatic heterocycles. The maximum absolute atomic E-state index is 11.5. The van der Waals surface area contributed by atoms with Crippen molar-refractivity contribution in [1.29, 1.82) is 0 Å². The fourth-order valence-electron chi connectivity index (χ4n) is 1.61. The molecule has 10 nitrogen and oxygen atoms in total. The largest absolute Gasteiger partial charge is 0.505 e. The Morgan fingerprint density at radius 1 is 1.14 bits per heavy atom. The Bertz CT molecular complexity index is 656. The second-order valence-electron chi connectivity index (χ2n) is 4.11. The lowest BCUT2D eigenvalue weighted by atomic mass is 10.1. The number of ether oxygens (including phenoxy) is 2. The quantitative estimate of drug-likeness (QED) is 0.163. The zero-order valence-corrected chi connectivity index (χ0v) is 10.3. The highest BCUT2D eigenvalue weighted by molar-refractivity contribution is 6.00. The van der Waals surface area contributed by atoms with E-state index in [0.717, 1.165) is 6.07 Å². The molecule has 7 N–H and O–H groups in total. The lowest BCUT2D eigenvalue weighted by molar-refractivity contribution is -0.164. The average Bonchev–Trinajstić information content (AvgIpc) is 2.43. The van der Waals surface area contributed by atoms with E-state index in [1.54, 1.807) is 0 Å². The second-order valence-corrected chi connectivity index (χ2v) is 4.11. The molecule has 2 rings (SSSR count). The fourth-order valence-corrected chi connectivity index (χ4v) is 1.61. The van der Waals surface area contributed by atoms with Crippen molar-refractivity contribution in [3.63, 3.8) is 0 Å². The molecular weight excluding hydrogens is 288 g/mol. The molecule has 0 saturated carbocycles. The maximum atomic E-state index is 11.5. The Labute approximate surface area is 116 Å². The van der Waals surface area contributed by atoms with Gasteiger partial charge in [0, 0.05) is 6.07 Å². The number of benzene rings is 1. The molecule has 1 amide bonds. The number of hydrogen-bond acceptors (Lipinski definition) is 9. The van der Waals surface area contributed by atoms with E-state index in [0.29, 0.717) is 0 Å². The highest BCUT2D eigenvalue weighted by Crippen LogP contribution is 2.43. The van der Waals surface area contributed by atoms with Crippen molar-refractivity contribution in [2.45, 2.75) is 12.2 Å². The van der Waals surface area contributed by atoms with Crippen molar-refractivity contribution in [1.82, 2.24) is 0 Å². The number of aromatic hydroxyl groups is 1.